The molecule has 1 heterocycles. The zero-order chi connectivity index (χ0) is 8.65. The molecule has 0 amide bonds. The van der Waals surface area contributed by atoms with Crippen LogP contribution in [-0.4, -0.2) is 29.6 Å². The van der Waals surface area contributed by atoms with Gasteiger partial charge in [-0.05, 0) is 38.1 Å². The summed E-state index contributed by atoms with van der Waals surface area (Å²) in [6, 6.07) is 0. The third kappa shape index (κ3) is 4.36. The molecule has 72 valence electrons. The Bertz CT molecular complexity index is 100. The minimum Gasteiger partial charge on any atom is -0.294 e. The maximum atomic E-state index is 2.60. The van der Waals surface area contributed by atoms with Gasteiger partial charge in [0.1, 0.15) is 0 Å². The van der Waals surface area contributed by atoms with Crippen molar-refractivity contribution in [3.63, 3.8) is 0 Å². The van der Waals surface area contributed by atoms with Crippen molar-refractivity contribution in [1.82, 2.24) is 4.90 Å². The normalized spacial score (nSPS) is 19.8. The lowest BCUT2D eigenvalue weighted by Crippen LogP contribution is -2.29. The molecule has 0 spiro atoms. The second kappa shape index (κ2) is 6.79. The lowest BCUT2D eigenvalue weighted by molar-refractivity contribution is 0.266. The number of thioether (sulfide) groups is 1. The highest BCUT2D eigenvalue weighted by molar-refractivity contribution is 7.99. The minimum absolute atomic E-state index is 1.28. The Morgan fingerprint density at radius 3 is 2.58 bits per heavy atom. The van der Waals surface area contributed by atoms with E-state index in [4.69, 9.17) is 0 Å². The maximum absolute atomic E-state index is 2.60. The lowest BCUT2D eigenvalue weighted by atomic mass is 10.1. The van der Waals surface area contributed by atoms with Crippen LogP contribution in [0, 0.1) is 0 Å². The van der Waals surface area contributed by atoms with E-state index in [-0.39, 0.29) is 0 Å². The van der Waals surface area contributed by atoms with E-state index < -0.39 is 0 Å². The molecule has 0 aromatic carbocycles. The monoisotopic (exact) mass is 187 g/mol. The molecule has 0 bridgehead atoms. The van der Waals surface area contributed by atoms with Crippen molar-refractivity contribution in [2.75, 3.05) is 24.7 Å². The van der Waals surface area contributed by atoms with Crippen LogP contribution in [0.5, 0.6) is 0 Å². The van der Waals surface area contributed by atoms with Crippen LogP contribution in [0.2, 0.25) is 0 Å². The standard InChI is InChI=1S/C10H21NS/c1-2-3-9-12-10-11-7-5-4-6-8-11/h2-10H2,1H3. The molecule has 1 fully saturated rings. The van der Waals surface area contributed by atoms with Crippen molar-refractivity contribution in [2.24, 2.45) is 0 Å². The summed E-state index contributed by atoms with van der Waals surface area (Å²) >= 11 is 2.11. The van der Waals surface area contributed by atoms with E-state index in [1.54, 1.807) is 0 Å². The predicted octanol–water partition coefficient (Wildman–Crippen LogP) is 2.96. The fourth-order valence-corrected chi connectivity index (χ4v) is 2.67. The summed E-state index contributed by atoms with van der Waals surface area (Å²) in [4.78, 5) is 2.60. The summed E-state index contributed by atoms with van der Waals surface area (Å²) < 4.78 is 0. The van der Waals surface area contributed by atoms with Crippen LogP contribution in [0.1, 0.15) is 39.0 Å². The van der Waals surface area contributed by atoms with Gasteiger partial charge in [0, 0.05) is 5.88 Å². The van der Waals surface area contributed by atoms with E-state index in [9.17, 15) is 0 Å². The van der Waals surface area contributed by atoms with Gasteiger partial charge >= 0.3 is 0 Å². The van der Waals surface area contributed by atoms with Gasteiger partial charge in [-0.3, -0.25) is 4.90 Å². The topological polar surface area (TPSA) is 3.24 Å². The summed E-state index contributed by atoms with van der Waals surface area (Å²) in [5.74, 6) is 2.63. The second-order valence-corrected chi connectivity index (χ2v) is 4.64. The average molecular weight is 187 g/mol. The third-order valence-corrected chi connectivity index (χ3v) is 3.49. The van der Waals surface area contributed by atoms with E-state index in [1.165, 1.54) is 56.8 Å². The Morgan fingerprint density at radius 2 is 1.92 bits per heavy atom. The molecule has 0 saturated carbocycles. The number of hydrogen-bond acceptors (Lipinski definition) is 2. The van der Waals surface area contributed by atoms with Crippen LogP contribution < -0.4 is 0 Å². The molecule has 0 N–H and O–H groups in total. The van der Waals surface area contributed by atoms with Gasteiger partial charge in [-0.2, -0.15) is 0 Å². The number of hydrogen-bond donors (Lipinski definition) is 0. The predicted molar refractivity (Wildman–Crippen MR) is 57.7 cm³/mol. The summed E-state index contributed by atoms with van der Waals surface area (Å²) in [6.45, 7) is 4.96. The van der Waals surface area contributed by atoms with Gasteiger partial charge in [0.2, 0.25) is 0 Å². The molecule has 1 aliphatic rings. The van der Waals surface area contributed by atoms with Crippen LogP contribution in [-0.2, 0) is 0 Å². The Kier molecular flexibility index (Phi) is 5.88. The fourth-order valence-electron chi connectivity index (χ4n) is 1.53. The molecule has 0 aromatic rings. The first-order valence-electron chi connectivity index (χ1n) is 5.23. The Morgan fingerprint density at radius 1 is 1.17 bits per heavy atom. The van der Waals surface area contributed by atoms with Crippen molar-refractivity contribution in [1.29, 1.82) is 0 Å². The largest absolute Gasteiger partial charge is 0.294 e. The second-order valence-electron chi connectivity index (χ2n) is 3.57. The molecule has 12 heavy (non-hydrogen) atoms. The lowest BCUT2D eigenvalue weighted by Gasteiger charge is -2.25. The van der Waals surface area contributed by atoms with Gasteiger partial charge in [-0.1, -0.05) is 19.8 Å². The van der Waals surface area contributed by atoms with Gasteiger partial charge in [0.15, 0.2) is 0 Å². The molecule has 1 aliphatic heterocycles. The first-order valence-corrected chi connectivity index (χ1v) is 6.39. The molecule has 1 nitrogen and oxygen atoms in total. The molecule has 1 rings (SSSR count). The summed E-state index contributed by atoms with van der Waals surface area (Å²) in [7, 11) is 0. The van der Waals surface area contributed by atoms with Crippen LogP contribution in [0.15, 0.2) is 0 Å². The molecule has 1 saturated heterocycles. The average Bonchev–Trinajstić information content (AvgIpc) is 2.14. The smallest absolute Gasteiger partial charge is 0.0444 e. The van der Waals surface area contributed by atoms with Crippen LogP contribution in [0.25, 0.3) is 0 Å². The molecular weight excluding hydrogens is 166 g/mol. The Labute approximate surface area is 80.9 Å². The SMILES string of the molecule is CCCCSCN1CCCCC1. The Hall–Kier alpha value is 0.310. The maximum Gasteiger partial charge on any atom is 0.0444 e. The molecular formula is C10H21NS. The van der Waals surface area contributed by atoms with Crippen molar-refractivity contribution in [3.8, 4) is 0 Å². The highest BCUT2D eigenvalue weighted by Gasteiger charge is 2.08. The van der Waals surface area contributed by atoms with Gasteiger partial charge in [-0.25, -0.2) is 0 Å². The molecule has 0 radical (unpaired) electrons. The molecule has 0 aliphatic carbocycles. The van der Waals surface area contributed by atoms with Crippen molar-refractivity contribution < 1.29 is 0 Å². The van der Waals surface area contributed by atoms with Gasteiger partial charge in [0.25, 0.3) is 0 Å². The zero-order valence-corrected chi connectivity index (χ0v) is 9.04. The summed E-state index contributed by atoms with van der Waals surface area (Å²) in [6.07, 6.45) is 7.03. The quantitative estimate of drug-likeness (QED) is 0.609. The van der Waals surface area contributed by atoms with Gasteiger partial charge in [-0.15, -0.1) is 11.8 Å². The number of likely N-dealkylation sites (tertiary alicyclic amines) is 1. The van der Waals surface area contributed by atoms with Crippen LogP contribution in [0.4, 0.5) is 0 Å². The van der Waals surface area contributed by atoms with Gasteiger partial charge in [0.05, 0.1) is 0 Å². The van der Waals surface area contributed by atoms with E-state index >= 15 is 0 Å². The first kappa shape index (κ1) is 10.4. The highest BCUT2D eigenvalue weighted by Crippen LogP contribution is 2.13. The summed E-state index contributed by atoms with van der Waals surface area (Å²) in [5, 5.41) is 0. The van der Waals surface area contributed by atoms with Crippen LogP contribution in [0.3, 0.4) is 0 Å². The van der Waals surface area contributed by atoms with Crippen molar-refractivity contribution in [2.45, 2.75) is 39.0 Å². The van der Waals surface area contributed by atoms with E-state index in [1.807, 2.05) is 0 Å². The summed E-state index contributed by atoms with van der Waals surface area (Å²) in [5.41, 5.74) is 0. The third-order valence-electron chi connectivity index (χ3n) is 2.36. The minimum atomic E-state index is 1.28. The number of rotatable bonds is 5. The van der Waals surface area contributed by atoms with Crippen molar-refractivity contribution >= 4 is 11.8 Å². The molecule has 0 unspecified atom stereocenters. The van der Waals surface area contributed by atoms with E-state index in [2.05, 4.69) is 23.6 Å². The highest BCUT2D eigenvalue weighted by atomic mass is 32.2. The molecule has 0 aromatic heterocycles. The Balaban J connectivity index is 1.91. The zero-order valence-electron chi connectivity index (χ0n) is 8.22. The van der Waals surface area contributed by atoms with E-state index in [0.29, 0.717) is 0 Å². The number of unbranched alkanes of at least 4 members (excludes halogenated alkanes) is 1. The van der Waals surface area contributed by atoms with Crippen molar-refractivity contribution in [3.05, 3.63) is 0 Å². The number of nitrogens with zero attached hydrogens (tertiary/aromatic N) is 1. The molecule has 0 atom stereocenters. The van der Waals surface area contributed by atoms with Crippen LogP contribution >= 0.6 is 11.8 Å². The molecule has 2 heteroatoms. The fraction of sp³-hybridized carbons (Fsp3) is 1.00. The first-order chi connectivity index (χ1) is 5.93. The van der Waals surface area contributed by atoms with E-state index in [0.717, 1.165) is 0 Å². The van der Waals surface area contributed by atoms with Gasteiger partial charge < -0.3 is 0 Å². The number of piperidine rings is 1.